The zero-order valence-electron chi connectivity index (χ0n) is 10.4. The van der Waals surface area contributed by atoms with Crippen LogP contribution < -0.4 is 5.32 Å². The second-order valence-corrected chi connectivity index (χ2v) is 5.80. The van der Waals surface area contributed by atoms with Gasteiger partial charge in [-0.2, -0.15) is 0 Å². The maximum absolute atomic E-state index is 13.6. The third-order valence-corrected chi connectivity index (χ3v) is 4.31. The molecule has 0 saturated carbocycles. The largest absolute Gasteiger partial charge is 0.383 e. The van der Waals surface area contributed by atoms with E-state index < -0.39 is 0 Å². The number of halogens is 2. The van der Waals surface area contributed by atoms with E-state index in [1.54, 1.807) is 12.1 Å². The van der Waals surface area contributed by atoms with Crippen LogP contribution in [0.2, 0.25) is 0 Å². The first-order valence-electron chi connectivity index (χ1n) is 6.36. The SMILES string of the molecule is CCCC1(CCC)CNc2c(Br)cc(F)cc21. The molecular weight excluding hydrogens is 281 g/mol. The Morgan fingerprint density at radius 3 is 2.53 bits per heavy atom. The van der Waals surface area contributed by atoms with Crippen molar-refractivity contribution in [2.45, 2.75) is 44.9 Å². The summed E-state index contributed by atoms with van der Waals surface area (Å²) in [5.41, 5.74) is 2.38. The Morgan fingerprint density at radius 2 is 1.94 bits per heavy atom. The summed E-state index contributed by atoms with van der Waals surface area (Å²) in [5.74, 6) is -0.143. The molecule has 0 fully saturated rings. The lowest BCUT2D eigenvalue weighted by Gasteiger charge is -2.28. The lowest BCUT2D eigenvalue weighted by molar-refractivity contribution is 0.389. The highest BCUT2D eigenvalue weighted by molar-refractivity contribution is 9.10. The van der Waals surface area contributed by atoms with E-state index in [1.165, 1.54) is 0 Å². The Morgan fingerprint density at radius 1 is 1.29 bits per heavy atom. The summed E-state index contributed by atoms with van der Waals surface area (Å²) in [5, 5.41) is 3.44. The van der Waals surface area contributed by atoms with Gasteiger partial charge in [-0.25, -0.2) is 4.39 Å². The Balaban J connectivity index is 2.48. The van der Waals surface area contributed by atoms with Crippen LogP contribution in [0.4, 0.5) is 10.1 Å². The molecule has 1 aliphatic rings. The fourth-order valence-corrected chi connectivity index (χ4v) is 3.63. The van der Waals surface area contributed by atoms with Gasteiger partial charge in [-0.15, -0.1) is 0 Å². The van der Waals surface area contributed by atoms with Crippen LogP contribution in [0.15, 0.2) is 16.6 Å². The van der Waals surface area contributed by atoms with Crippen LogP contribution in [-0.2, 0) is 5.41 Å². The minimum absolute atomic E-state index is 0.128. The Labute approximate surface area is 111 Å². The van der Waals surface area contributed by atoms with Crippen LogP contribution in [-0.4, -0.2) is 6.54 Å². The summed E-state index contributed by atoms with van der Waals surface area (Å²) in [6, 6.07) is 3.26. The first-order chi connectivity index (χ1) is 8.13. The molecule has 0 atom stereocenters. The predicted octanol–water partition coefficient (Wildman–Crippen LogP) is 4.85. The molecule has 0 saturated heterocycles. The fourth-order valence-electron chi connectivity index (χ4n) is 3.05. The molecular formula is C14H19BrFN. The van der Waals surface area contributed by atoms with E-state index in [-0.39, 0.29) is 11.2 Å². The molecule has 3 heteroatoms. The Bertz CT molecular complexity index is 411. The van der Waals surface area contributed by atoms with E-state index in [0.717, 1.165) is 48.0 Å². The highest BCUT2D eigenvalue weighted by Gasteiger charge is 2.38. The quantitative estimate of drug-likeness (QED) is 0.838. The molecule has 0 amide bonds. The number of nitrogens with one attached hydrogen (secondary N) is 1. The topological polar surface area (TPSA) is 12.0 Å². The van der Waals surface area contributed by atoms with Crippen molar-refractivity contribution in [3.8, 4) is 0 Å². The lowest BCUT2D eigenvalue weighted by Crippen LogP contribution is -2.28. The maximum atomic E-state index is 13.6. The minimum atomic E-state index is -0.143. The number of rotatable bonds is 4. The molecule has 1 N–H and O–H groups in total. The Kier molecular flexibility index (Phi) is 3.76. The number of hydrogen-bond acceptors (Lipinski definition) is 1. The van der Waals surface area contributed by atoms with E-state index in [4.69, 9.17) is 0 Å². The fraction of sp³-hybridized carbons (Fsp3) is 0.571. The van der Waals surface area contributed by atoms with Crippen molar-refractivity contribution in [3.05, 3.63) is 28.0 Å². The number of benzene rings is 1. The van der Waals surface area contributed by atoms with E-state index in [9.17, 15) is 4.39 Å². The zero-order chi connectivity index (χ0) is 12.5. The minimum Gasteiger partial charge on any atom is -0.383 e. The summed E-state index contributed by atoms with van der Waals surface area (Å²) in [7, 11) is 0. The van der Waals surface area contributed by atoms with Gasteiger partial charge in [-0.1, -0.05) is 26.7 Å². The molecule has 2 rings (SSSR count). The Hall–Kier alpha value is -0.570. The highest BCUT2D eigenvalue weighted by atomic mass is 79.9. The molecule has 0 radical (unpaired) electrons. The van der Waals surface area contributed by atoms with Gasteiger partial charge < -0.3 is 5.32 Å². The molecule has 1 aromatic carbocycles. The van der Waals surface area contributed by atoms with Gasteiger partial charge >= 0.3 is 0 Å². The lowest BCUT2D eigenvalue weighted by atomic mass is 9.75. The summed E-state index contributed by atoms with van der Waals surface area (Å²) >= 11 is 3.45. The van der Waals surface area contributed by atoms with E-state index in [0.29, 0.717) is 0 Å². The smallest absolute Gasteiger partial charge is 0.124 e. The number of anilines is 1. The van der Waals surface area contributed by atoms with Crippen molar-refractivity contribution in [2.24, 2.45) is 0 Å². The maximum Gasteiger partial charge on any atom is 0.124 e. The molecule has 0 aromatic heterocycles. The average molecular weight is 300 g/mol. The van der Waals surface area contributed by atoms with Crippen molar-refractivity contribution >= 4 is 21.6 Å². The van der Waals surface area contributed by atoms with Crippen molar-refractivity contribution < 1.29 is 4.39 Å². The first kappa shape index (κ1) is 12.9. The van der Waals surface area contributed by atoms with Crippen LogP contribution in [0.1, 0.15) is 45.1 Å². The van der Waals surface area contributed by atoms with Gasteiger partial charge in [0, 0.05) is 16.4 Å². The monoisotopic (exact) mass is 299 g/mol. The van der Waals surface area contributed by atoms with Crippen LogP contribution in [0.25, 0.3) is 0 Å². The van der Waals surface area contributed by atoms with Gasteiger partial charge in [-0.05, 0) is 46.5 Å². The van der Waals surface area contributed by atoms with Gasteiger partial charge in [0.25, 0.3) is 0 Å². The molecule has 0 spiro atoms. The van der Waals surface area contributed by atoms with E-state index in [2.05, 4.69) is 35.1 Å². The average Bonchev–Trinajstić information content (AvgIpc) is 2.59. The van der Waals surface area contributed by atoms with Gasteiger partial charge in [0.05, 0.1) is 5.69 Å². The van der Waals surface area contributed by atoms with Crippen molar-refractivity contribution in [1.29, 1.82) is 0 Å². The zero-order valence-corrected chi connectivity index (χ0v) is 12.0. The normalized spacial score (nSPS) is 16.7. The van der Waals surface area contributed by atoms with Gasteiger partial charge in [0.1, 0.15) is 5.82 Å². The summed E-state index contributed by atoms with van der Waals surface area (Å²) in [4.78, 5) is 0. The van der Waals surface area contributed by atoms with Crippen LogP contribution in [0.3, 0.4) is 0 Å². The van der Waals surface area contributed by atoms with Crippen molar-refractivity contribution in [3.63, 3.8) is 0 Å². The number of fused-ring (bicyclic) bond motifs is 1. The van der Waals surface area contributed by atoms with Gasteiger partial charge in [0.2, 0.25) is 0 Å². The van der Waals surface area contributed by atoms with E-state index >= 15 is 0 Å². The number of hydrogen-bond donors (Lipinski definition) is 1. The standard InChI is InChI=1S/C14H19BrFN/c1-3-5-14(6-4-2)9-17-13-11(14)7-10(16)8-12(13)15/h7-8,17H,3-6,9H2,1-2H3. The second-order valence-electron chi connectivity index (χ2n) is 4.94. The molecule has 0 unspecified atom stereocenters. The predicted molar refractivity (Wildman–Crippen MR) is 74.1 cm³/mol. The third kappa shape index (κ3) is 2.22. The van der Waals surface area contributed by atoms with Crippen LogP contribution in [0.5, 0.6) is 0 Å². The van der Waals surface area contributed by atoms with Crippen molar-refractivity contribution in [1.82, 2.24) is 0 Å². The highest BCUT2D eigenvalue weighted by Crippen LogP contribution is 2.46. The first-order valence-corrected chi connectivity index (χ1v) is 7.15. The molecule has 1 nitrogen and oxygen atoms in total. The molecule has 1 heterocycles. The molecule has 1 aromatic rings. The van der Waals surface area contributed by atoms with Crippen molar-refractivity contribution in [2.75, 3.05) is 11.9 Å². The summed E-state index contributed by atoms with van der Waals surface area (Å²) < 4.78 is 14.4. The molecule has 0 aliphatic carbocycles. The van der Waals surface area contributed by atoms with Crippen LogP contribution in [0, 0.1) is 5.82 Å². The molecule has 17 heavy (non-hydrogen) atoms. The summed E-state index contributed by atoms with van der Waals surface area (Å²) in [6.07, 6.45) is 4.51. The van der Waals surface area contributed by atoms with Crippen LogP contribution >= 0.6 is 15.9 Å². The molecule has 94 valence electrons. The summed E-state index contributed by atoms with van der Waals surface area (Å²) in [6.45, 7) is 5.33. The van der Waals surface area contributed by atoms with Gasteiger partial charge in [-0.3, -0.25) is 0 Å². The second kappa shape index (κ2) is 4.97. The molecule has 1 aliphatic heterocycles. The third-order valence-electron chi connectivity index (χ3n) is 3.69. The van der Waals surface area contributed by atoms with Gasteiger partial charge in [0.15, 0.2) is 0 Å². The molecule has 0 bridgehead atoms. The van der Waals surface area contributed by atoms with E-state index in [1.807, 2.05) is 0 Å².